The molecule has 0 heterocycles. The van der Waals surface area contributed by atoms with E-state index in [2.05, 4.69) is 0 Å². The van der Waals surface area contributed by atoms with E-state index in [9.17, 15) is 13.2 Å². The van der Waals surface area contributed by atoms with Crippen molar-refractivity contribution in [3.05, 3.63) is 29.8 Å². The number of rotatable bonds is 2. The lowest BCUT2D eigenvalue weighted by Gasteiger charge is -2.16. The summed E-state index contributed by atoms with van der Waals surface area (Å²) in [6.07, 6.45) is -4.21. The first kappa shape index (κ1) is 10.9. The fourth-order valence-corrected chi connectivity index (χ4v) is 1.17. The Kier molecular flexibility index (Phi) is 3.03. The van der Waals surface area contributed by atoms with Crippen molar-refractivity contribution < 1.29 is 13.2 Å². The number of nitrogens with two attached hydrogens (primary N) is 1. The van der Waals surface area contributed by atoms with E-state index in [-0.39, 0.29) is 6.42 Å². The molecule has 0 aliphatic rings. The van der Waals surface area contributed by atoms with Crippen LogP contribution in [0.25, 0.3) is 0 Å². The molecule has 1 rings (SSSR count). The first-order valence-electron chi connectivity index (χ1n) is 4.31. The van der Waals surface area contributed by atoms with Crippen LogP contribution in [0, 0.1) is 5.92 Å². The van der Waals surface area contributed by atoms with Gasteiger partial charge in [0.05, 0.1) is 5.92 Å². The Balaban J connectivity index is 2.75. The van der Waals surface area contributed by atoms with Crippen LogP contribution in [0.2, 0.25) is 0 Å². The summed E-state index contributed by atoms with van der Waals surface area (Å²) >= 11 is 0. The van der Waals surface area contributed by atoms with Gasteiger partial charge in [-0.3, -0.25) is 0 Å². The summed E-state index contributed by atoms with van der Waals surface area (Å²) in [6.45, 7) is 1.16. The number of para-hydroxylation sites is 1. The molecule has 1 unspecified atom stereocenters. The third kappa shape index (κ3) is 2.65. The van der Waals surface area contributed by atoms with Gasteiger partial charge >= 0.3 is 6.18 Å². The van der Waals surface area contributed by atoms with E-state index < -0.39 is 12.1 Å². The molecule has 0 aliphatic heterocycles. The third-order valence-electron chi connectivity index (χ3n) is 2.14. The smallest absolute Gasteiger partial charge is 0.391 e. The second kappa shape index (κ2) is 3.90. The van der Waals surface area contributed by atoms with E-state index in [1.165, 1.54) is 0 Å². The lowest BCUT2D eigenvalue weighted by molar-refractivity contribution is -0.169. The molecule has 0 aliphatic carbocycles. The van der Waals surface area contributed by atoms with Crippen LogP contribution in [-0.4, -0.2) is 6.18 Å². The van der Waals surface area contributed by atoms with Crippen LogP contribution in [0.5, 0.6) is 0 Å². The third-order valence-corrected chi connectivity index (χ3v) is 2.14. The molecule has 1 aromatic rings. The zero-order valence-corrected chi connectivity index (χ0v) is 7.81. The molecule has 0 saturated heterocycles. The van der Waals surface area contributed by atoms with Crippen molar-refractivity contribution in [1.29, 1.82) is 0 Å². The minimum atomic E-state index is -4.15. The van der Waals surface area contributed by atoms with Crippen LogP contribution in [0.15, 0.2) is 24.3 Å². The molecule has 0 aromatic heterocycles. The summed E-state index contributed by atoms with van der Waals surface area (Å²) in [5, 5.41) is 0. The highest BCUT2D eigenvalue weighted by Crippen LogP contribution is 2.29. The number of nitrogen functional groups attached to an aromatic ring is 1. The standard InChI is InChI=1S/C10H12F3N/c1-7(10(11,12)13)6-8-4-2-3-5-9(8)14/h2-5,7H,6,14H2,1H3. The number of anilines is 1. The predicted octanol–water partition coefficient (Wildman–Crippen LogP) is 3.01. The second-order valence-corrected chi connectivity index (χ2v) is 3.35. The molecule has 0 spiro atoms. The van der Waals surface area contributed by atoms with Gasteiger partial charge in [-0.25, -0.2) is 0 Å². The minimum absolute atomic E-state index is 0.0594. The summed E-state index contributed by atoms with van der Waals surface area (Å²) < 4.78 is 36.7. The Morgan fingerprint density at radius 2 is 1.86 bits per heavy atom. The molecule has 0 fully saturated rings. The van der Waals surface area contributed by atoms with Crippen molar-refractivity contribution in [2.45, 2.75) is 19.5 Å². The second-order valence-electron chi connectivity index (χ2n) is 3.35. The maximum atomic E-state index is 12.2. The monoisotopic (exact) mass is 203 g/mol. The lowest BCUT2D eigenvalue weighted by Crippen LogP contribution is -2.22. The zero-order chi connectivity index (χ0) is 10.8. The quantitative estimate of drug-likeness (QED) is 0.734. The maximum absolute atomic E-state index is 12.2. The maximum Gasteiger partial charge on any atom is 0.391 e. The molecule has 1 nitrogen and oxygen atoms in total. The highest BCUT2D eigenvalue weighted by Gasteiger charge is 2.35. The number of halogens is 3. The topological polar surface area (TPSA) is 26.0 Å². The Hall–Kier alpha value is -1.19. The molecule has 0 bridgehead atoms. The Bertz CT molecular complexity index is 306. The van der Waals surface area contributed by atoms with Gasteiger partial charge in [0.1, 0.15) is 0 Å². The first-order valence-corrected chi connectivity index (χ1v) is 4.31. The summed E-state index contributed by atoms with van der Waals surface area (Å²) in [4.78, 5) is 0. The van der Waals surface area contributed by atoms with Crippen molar-refractivity contribution >= 4 is 5.69 Å². The molecular formula is C10H12F3N. The summed E-state index contributed by atoms with van der Waals surface area (Å²) in [5.74, 6) is -1.35. The molecular weight excluding hydrogens is 191 g/mol. The van der Waals surface area contributed by atoms with E-state index in [1.54, 1.807) is 24.3 Å². The van der Waals surface area contributed by atoms with Crippen molar-refractivity contribution in [2.24, 2.45) is 5.92 Å². The predicted molar refractivity (Wildman–Crippen MR) is 49.8 cm³/mol. The van der Waals surface area contributed by atoms with Crippen molar-refractivity contribution in [1.82, 2.24) is 0 Å². The van der Waals surface area contributed by atoms with Gasteiger partial charge in [0.25, 0.3) is 0 Å². The zero-order valence-electron chi connectivity index (χ0n) is 7.81. The van der Waals surface area contributed by atoms with Crippen LogP contribution in [0.4, 0.5) is 18.9 Å². The van der Waals surface area contributed by atoms with Crippen molar-refractivity contribution in [3.63, 3.8) is 0 Å². The minimum Gasteiger partial charge on any atom is -0.399 e. The summed E-state index contributed by atoms with van der Waals surface area (Å²) in [5.41, 5.74) is 6.52. The van der Waals surface area contributed by atoms with Crippen LogP contribution < -0.4 is 5.73 Å². The molecule has 1 aromatic carbocycles. The van der Waals surface area contributed by atoms with Gasteiger partial charge in [-0.2, -0.15) is 13.2 Å². The Labute approximate surface area is 80.7 Å². The van der Waals surface area contributed by atoms with Crippen LogP contribution in [0.3, 0.4) is 0 Å². The molecule has 0 amide bonds. The number of hydrogen-bond donors (Lipinski definition) is 1. The van der Waals surface area contributed by atoms with Crippen LogP contribution in [0.1, 0.15) is 12.5 Å². The Morgan fingerprint density at radius 1 is 1.29 bits per heavy atom. The Morgan fingerprint density at radius 3 is 2.36 bits per heavy atom. The van der Waals surface area contributed by atoms with Crippen molar-refractivity contribution in [3.8, 4) is 0 Å². The molecule has 0 saturated carbocycles. The molecule has 1 atom stereocenters. The van der Waals surface area contributed by atoms with E-state index in [4.69, 9.17) is 5.73 Å². The average molecular weight is 203 g/mol. The molecule has 78 valence electrons. The van der Waals surface area contributed by atoms with E-state index >= 15 is 0 Å². The summed E-state index contributed by atoms with van der Waals surface area (Å²) in [7, 11) is 0. The molecule has 4 heteroatoms. The normalized spacial score (nSPS) is 14.0. The van der Waals surface area contributed by atoms with Gasteiger partial charge in [-0.15, -0.1) is 0 Å². The van der Waals surface area contributed by atoms with Gasteiger partial charge < -0.3 is 5.73 Å². The molecule has 0 radical (unpaired) electrons. The number of benzene rings is 1. The van der Waals surface area contributed by atoms with Gasteiger partial charge in [0.15, 0.2) is 0 Å². The van der Waals surface area contributed by atoms with E-state index in [0.29, 0.717) is 11.3 Å². The van der Waals surface area contributed by atoms with Crippen molar-refractivity contribution in [2.75, 3.05) is 5.73 Å². The molecule has 2 N–H and O–H groups in total. The fraction of sp³-hybridized carbons (Fsp3) is 0.400. The lowest BCUT2D eigenvalue weighted by atomic mass is 9.99. The first-order chi connectivity index (χ1) is 6.41. The summed E-state index contributed by atoms with van der Waals surface area (Å²) in [6, 6.07) is 6.63. The van der Waals surface area contributed by atoms with E-state index in [0.717, 1.165) is 6.92 Å². The van der Waals surface area contributed by atoms with Gasteiger partial charge in [-0.05, 0) is 18.1 Å². The average Bonchev–Trinajstić information content (AvgIpc) is 2.07. The fourth-order valence-electron chi connectivity index (χ4n) is 1.17. The van der Waals surface area contributed by atoms with E-state index in [1.807, 2.05) is 0 Å². The van der Waals surface area contributed by atoms with Gasteiger partial charge in [-0.1, -0.05) is 25.1 Å². The van der Waals surface area contributed by atoms with Gasteiger partial charge in [0, 0.05) is 5.69 Å². The van der Waals surface area contributed by atoms with Crippen LogP contribution >= 0.6 is 0 Å². The number of hydrogen-bond acceptors (Lipinski definition) is 1. The van der Waals surface area contributed by atoms with Crippen LogP contribution in [-0.2, 0) is 6.42 Å². The molecule has 14 heavy (non-hydrogen) atoms. The SMILES string of the molecule is CC(Cc1ccccc1N)C(F)(F)F. The largest absolute Gasteiger partial charge is 0.399 e. The highest BCUT2D eigenvalue weighted by atomic mass is 19.4. The number of alkyl halides is 3. The highest BCUT2D eigenvalue weighted by molar-refractivity contribution is 5.46. The van der Waals surface area contributed by atoms with Gasteiger partial charge in [0.2, 0.25) is 0 Å².